The van der Waals surface area contributed by atoms with E-state index in [4.69, 9.17) is 4.74 Å². The van der Waals surface area contributed by atoms with Crippen LogP contribution < -0.4 is 10.6 Å². The van der Waals surface area contributed by atoms with Crippen LogP contribution >= 0.6 is 0 Å². The van der Waals surface area contributed by atoms with Crippen LogP contribution in [-0.2, 0) is 16.1 Å². The lowest BCUT2D eigenvalue weighted by Crippen LogP contribution is -2.63. The van der Waals surface area contributed by atoms with Crippen molar-refractivity contribution in [2.24, 2.45) is 0 Å². The molecule has 0 spiro atoms. The molecule has 2 amide bonds. The highest BCUT2D eigenvalue weighted by Gasteiger charge is 2.40. The van der Waals surface area contributed by atoms with Crippen LogP contribution in [0, 0.1) is 0 Å². The number of nitrogens with zero attached hydrogens (tertiary/aromatic N) is 1. The fraction of sp³-hybridized carbons (Fsp3) is 0.652. The van der Waals surface area contributed by atoms with Crippen molar-refractivity contribution in [1.82, 2.24) is 15.5 Å². The molecule has 1 heterocycles. The fourth-order valence-electron chi connectivity index (χ4n) is 4.35. The molecule has 1 aromatic rings. The molecule has 0 radical (unpaired) electrons. The van der Waals surface area contributed by atoms with E-state index in [9.17, 15) is 9.59 Å². The number of ether oxygens (including phenoxy) is 1. The molecular formula is C23H37N3O3. The summed E-state index contributed by atoms with van der Waals surface area (Å²) in [6, 6.07) is 9.65. The molecule has 6 nitrogen and oxygen atoms in total. The predicted molar refractivity (Wildman–Crippen MR) is 116 cm³/mol. The summed E-state index contributed by atoms with van der Waals surface area (Å²) in [5.41, 5.74) is 0.830. The maximum Gasteiger partial charge on any atom is 0.407 e. The summed E-state index contributed by atoms with van der Waals surface area (Å²) in [5.74, 6) is -0.0476. The summed E-state index contributed by atoms with van der Waals surface area (Å²) < 4.78 is 5.22. The lowest BCUT2D eigenvalue weighted by Gasteiger charge is -2.49. The van der Waals surface area contributed by atoms with E-state index >= 15 is 0 Å². The Hall–Kier alpha value is -2.08. The molecule has 0 aliphatic carbocycles. The Labute approximate surface area is 175 Å². The van der Waals surface area contributed by atoms with Gasteiger partial charge in [0.15, 0.2) is 0 Å². The molecular weight excluding hydrogens is 366 g/mol. The van der Waals surface area contributed by atoms with Crippen molar-refractivity contribution < 1.29 is 14.3 Å². The number of benzene rings is 1. The lowest BCUT2D eigenvalue weighted by atomic mass is 9.79. The van der Waals surface area contributed by atoms with Crippen LogP contribution in [0.25, 0.3) is 0 Å². The molecule has 162 valence electrons. The summed E-state index contributed by atoms with van der Waals surface area (Å²) in [6.07, 6.45) is 3.20. The number of hydrogen-bond donors (Lipinski definition) is 2. The molecule has 1 fully saturated rings. The highest BCUT2D eigenvalue weighted by Crippen LogP contribution is 2.31. The van der Waals surface area contributed by atoms with Crippen molar-refractivity contribution >= 4 is 12.0 Å². The molecule has 0 aromatic heterocycles. The van der Waals surface area contributed by atoms with Gasteiger partial charge in [-0.1, -0.05) is 43.7 Å². The average Bonchev–Trinajstić information content (AvgIpc) is 2.63. The minimum atomic E-state index is -0.566. The van der Waals surface area contributed by atoms with Crippen molar-refractivity contribution in [2.75, 3.05) is 13.1 Å². The maximum absolute atomic E-state index is 13.0. The number of amides is 2. The largest absolute Gasteiger partial charge is 0.445 e. The van der Waals surface area contributed by atoms with E-state index in [1.54, 1.807) is 0 Å². The van der Waals surface area contributed by atoms with Gasteiger partial charge in [0.05, 0.1) is 0 Å². The van der Waals surface area contributed by atoms with Crippen LogP contribution in [0.5, 0.6) is 0 Å². The molecule has 2 N–H and O–H groups in total. The standard InChI is InChI=1S/C23H37N3O3/c1-6-7-13-26(19-14-22(2,3)25-23(4,5)15-19)20(27)16-24-21(28)29-17-18-11-9-8-10-12-18/h8-12,19,25H,6-7,13-17H2,1-5H3,(H,24,28). The van der Waals surface area contributed by atoms with Crippen molar-refractivity contribution in [3.8, 4) is 0 Å². The van der Waals surface area contributed by atoms with Crippen LogP contribution in [0.1, 0.15) is 65.9 Å². The van der Waals surface area contributed by atoms with E-state index in [1.807, 2.05) is 35.2 Å². The molecule has 2 rings (SSSR count). The summed E-state index contributed by atoms with van der Waals surface area (Å²) >= 11 is 0. The Balaban J connectivity index is 1.93. The predicted octanol–water partition coefficient (Wildman–Crippen LogP) is 3.85. The maximum atomic E-state index is 13.0. The number of nitrogens with one attached hydrogen (secondary N) is 2. The normalized spacial score (nSPS) is 18.1. The minimum Gasteiger partial charge on any atom is -0.445 e. The smallest absolute Gasteiger partial charge is 0.407 e. The van der Waals surface area contributed by atoms with E-state index in [-0.39, 0.29) is 36.2 Å². The number of alkyl carbamates (subject to hydrolysis) is 1. The van der Waals surface area contributed by atoms with Gasteiger partial charge in [0.1, 0.15) is 13.2 Å². The first-order valence-corrected chi connectivity index (χ1v) is 10.7. The minimum absolute atomic E-state index is 0.0396. The Morgan fingerprint density at radius 1 is 1.14 bits per heavy atom. The Morgan fingerprint density at radius 2 is 1.76 bits per heavy atom. The van der Waals surface area contributed by atoms with Crippen LogP contribution in [0.2, 0.25) is 0 Å². The van der Waals surface area contributed by atoms with E-state index in [0.717, 1.165) is 31.2 Å². The Kier molecular flexibility index (Phi) is 8.08. The molecule has 6 heteroatoms. The zero-order chi connectivity index (χ0) is 21.5. The summed E-state index contributed by atoms with van der Waals surface area (Å²) in [4.78, 5) is 27.0. The van der Waals surface area contributed by atoms with Crippen LogP contribution in [0.3, 0.4) is 0 Å². The first kappa shape index (κ1) is 23.2. The van der Waals surface area contributed by atoms with Gasteiger partial charge in [-0.15, -0.1) is 0 Å². The third-order valence-corrected chi connectivity index (χ3v) is 5.28. The topological polar surface area (TPSA) is 70.7 Å². The van der Waals surface area contributed by atoms with E-state index in [1.165, 1.54) is 0 Å². The van der Waals surface area contributed by atoms with Gasteiger partial charge in [-0.3, -0.25) is 4.79 Å². The SMILES string of the molecule is CCCCN(C(=O)CNC(=O)OCc1ccccc1)C1CC(C)(C)NC(C)(C)C1. The fourth-order valence-corrected chi connectivity index (χ4v) is 4.35. The first-order valence-electron chi connectivity index (χ1n) is 10.7. The number of rotatable bonds is 8. The Morgan fingerprint density at radius 3 is 2.34 bits per heavy atom. The third-order valence-electron chi connectivity index (χ3n) is 5.28. The van der Waals surface area contributed by atoms with E-state index in [0.29, 0.717) is 6.54 Å². The van der Waals surface area contributed by atoms with Gasteiger partial charge in [-0.05, 0) is 52.5 Å². The monoisotopic (exact) mass is 403 g/mol. The van der Waals surface area contributed by atoms with E-state index in [2.05, 4.69) is 45.3 Å². The molecule has 0 saturated carbocycles. The van der Waals surface area contributed by atoms with Crippen molar-refractivity contribution in [3.05, 3.63) is 35.9 Å². The zero-order valence-electron chi connectivity index (χ0n) is 18.6. The second-order valence-electron chi connectivity index (χ2n) is 9.31. The molecule has 0 unspecified atom stereocenters. The van der Waals surface area contributed by atoms with Crippen molar-refractivity contribution in [1.29, 1.82) is 0 Å². The summed E-state index contributed by atoms with van der Waals surface area (Å²) in [5, 5.41) is 6.29. The van der Waals surface area contributed by atoms with Gasteiger partial charge < -0.3 is 20.3 Å². The molecule has 1 saturated heterocycles. The third kappa shape index (κ3) is 7.69. The first-order chi connectivity index (χ1) is 13.6. The quantitative estimate of drug-likeness (QED) is 0.692. The second kappa shape index (κ2) is 10.1. The molecule has 1 aliphatic rings. The van der Waals surface area contributed by atoms with E-state index < -0.39 is 6.09 Å². The van der Waals surface area contributed by atoms with Crippen LogP contribution in [0.15, 0.2) is 30.3 Å². The number of carbonyl (C=O) groups is 2. The van der Waals surface area contributed by atoms with Gasteiger partial charge in [0, 0.05) is 23.7 Å². The molecule has 1 aromatic carbocycles. The highest BCUT2D eigenvalue weighted by molar-refractivity contribution is 5.82. The van der Waals surface area contributed by atoms with Crippen LogP contribution in [-0.4, -0.2) is 47.1 Å². The molecule has 1 aliphatic heterocycles. The summed E-state index contributed by atoms with van der Waals surface area (Å²) in [7, 11) is 0. The molecule has 29 heavy (non-hydrogen) atoms. The number of carbonyl (C=O) groups excluding carboxylic acids is 2. The van der Waals surface area contributed by atoms with Crippen molar-refractivity contribution in [2.45, 2.75) is 84.0 Å². The molecule has 0 atom stereocenters. The Bertz CT molecular complexity index is 657. The number of unbranched alkanes of at least 4 members (excludes halogenated alkanes) is 1. The van der Waals surface area contributed by atoms with Gasteiger partial charge in [0.2, 0.25) is 5.91 Å². The number of piperidine rings is 1. The lowest BCUT2D eigenvalue weighted by molar-refractivity contribution is -0.134. The average molecular weight is 404 g/mol. The summed E-state index contributed by atoms with van der Waals surface area (Å²) in [6.45, 7) is 11.7. The van der Waals surface area contributed by atoms with Crippen molar-refractivity contribution in [3.63, 3.8) is 0 Å². The van der Waals surface area contributed by atoms with Gasteiger partial charge >= 0.3 is 6.09 Å². The number of hydrogen-bond acceptors (Lipinski definition) is 4. The zero-order valence-corrected chi connectivity index (χ0v) is 18.6. The highest BCUT2D eigenvalue weighted by atomic mass is 16.5. The second-order valence-corrected chi connectivity index (χ2v) is 9.31. The van der Waals surface area contributed by atoms with Gasteiger partial charge in [-0.2, -0.15) is 0 Å². The molecule has 0 bridgehead atoms. The van der Waals surface area contributed by atoms with Gasteiger partial charge in [-0.25, -0.2) is 4.79 Å². The van der Waals surface area contributed by atoms with Gasteiger partial charge in [0.25, 0.3) is 0 Å². The van der Waals surface area contributed by atoms with Crippen LogP contribution in [0.4, 0.5) is 4.79 Å².